The minimum absolute atomic E-state index is 0.273. The molecule has 0 spiro atoms. The molecule has 0 saturated carbocycles. The van der Waals surface area contributed by atoms with Gasteiger partial charge in [-0.25, -0.2) is 0 Å². The second-order valence-electron chi connectivity index (χ2n) is 4.25. The summed E-state index contributed by atoms with van der Waals surface area (Å²) in [6, 6.07) is 0. The van der Waals surface area contributed by atoms with Crippen molar-refractivity contribution in [1.82, 2.24) is 0 Å². The molecule has 1 heterocycles. The fourth-order valence-electron chi connectivity index (χ4n) is 1.79. The molecule has 0 radical (unpaired) electrons. The highest BCUT2D eigenvalue weighted by Gasteiger charge is 2.20. The van der Waals surface area contributed by atoms with Gasteiger partial charge in [0, 0.05) is 35.5 Å². The molecule has 1 aliphatic rings. The molecule has 0 aromatic carbocycles. The summed E-state index contributed by atoms with van der Waals surface area (Å²) in [5.74, 6) is 1.03. The summed E-state index contributed by atoms with van der Waals surface area (Å²) >= 11 is 0. The van der Waals surface area contributed by atoms with Gasteiger partial charge in [0.15, 0.2) is 0 Å². The summed E-state index contributed by atoms with van der Waals surface area (Å²) in [5, 5.41) is 0. The Labute approximate surface area is 99.1 Å². The zero-order chi connectivity index (χ0) is 12.0. The van der Waals surface area contributed by atoms with Crippen LogP contribution in [-0.4, -0.2) is 42.0 Å². The van der Waals surface area contributed by atoms with Crippen LogP contribution in [0, 0.1) is 11.8 Å². The number of carbonyl (C=O) groups is 1. The summed E-state index contributed by atoms with van der Waals surface area (Å²) in [6.07, 6.45) is 1.97. The largest absolute Gasteiger partial charge is 0.469 e. The average Bonchev–Trinajstić information content (AvgIpc) is 2.29. The molecule has 2 atom stereocenters. The average molecular weight is 248 g/mol. The van der Waals surface area contributed by atoms with Crippen LogP contribution in [0.1, 0.15) is 19.8 Å². The molecular weight excluding hydrogens is 228 g/mol. The highest BCUT2D eigenvalue weighted by Crippen LogP contribution is 2.16. The van der Waals surface area contributed by atoms with E-state index in [9.17, 15) is 9.00 Å². The van der Waals surface area contributed by atoms with Crippen LogP contribution in [0.3, 0.4) is 0 Å². The first-order valence-corrected chi connectivity index (χ1v) is 7.12. The van der Waals surface area contributed by atoms with Gasteiger partial charge in [-0.1, -0.05) is 6.92 Å². The number of hydrogen-bond donors (Lipinski definition) is 0. The standard InChI is InChI=1S/C11H20O4S/c1-9(11(12)14-2)7-16(13)8-10-3-5-15-6-4-10/h9-10H,3-8H2,1-2H3. The highest BCUT2D eigenvalue weighted by atomic mass is 32.2. The van der Waals surface area contributed by atoms with Crippen LogP contribution < -0.4 is 0 Å². The van der Waals surface area contributed by atoms with Crippen molar-refractivity contribution in [3.63, 3.8) is 0 Å². The lowest BCUT2D eigenvalue weighted by atomic mass is 10.0. The lowest BCUT2D eigenvalue weighted by Crippen LogP contribution is -2.25. The number of hydrogen-bond acceptors (Lipinski definition) is 4. The van der Waals surface area contributed by atoms with E-state index in [1.54, 1.807) is 6.92 Å². The third-order valence-electron chi connectivity index (χ3n) is 2.80. The zero-order valence-electron chi connectivity index (χ0n) is 9.94. The number of carbonyl (C=O) groups excluding carboxylic acids is 1. The molecule has 0 N–H and O–H groups in total. The smallest absolute Gasteiger partial charge is 0.309 e. The molecule has 94 valence electrons. The molecule has 0 aromatic heterocycles. The summed E-state index contributed by atoms with van der Waals surface area (Å²) < 4.78 is 21.7. The summed E-state index contributed by atoms with van der Waals surface area (Å²) in [4.78, 5) is 11.2. The first-order valence-electron chi connectivity index (χ1n) is 5.64. The SMILES string of the molecule is COC(=O)C(C)CS(=O)CC1CCOCC1. The van der Waals surface area contributed by atoms with E-state index in [0.29, 0.717) is 17.4 Å². The van der Waals surface area contributed by atoms with Crippen molar-refractivity contribution in [2.75, 3.05) is 31.8 Å². The van der Waals surface area contributed by atoms with E-state index < -0.39 is 10.8 Å². The minimum Gasteiger partial charge on any atom is -0.469 e. The molecular formula is C11H20O4S. The maximum absolute atomic E-state index is 11.8. The molecule has 0 aliphatic carbocycles. The normalized spacial score (nSPS) is 21.4. The van der Waals surface area contributed by atoms with Gasteiger partial charge in [0.2, 0.25) is 0 Å². The van der Waals surface area contributed by atoms with Crippen LogP contribution in [0.25, 0.3) is 0 Å². The Hall–Kier alpha value is -0.420. The van der Waals surface area contributed by atoms with Gasteiger partial charge in [0.05, 0.1) is 13.0 Å². The van der Waals surface area contributed by atoms with Crippen molar-refractivity contribution >= 4 is 16.8 Å². The van der Waals surface area contributed by atoms with E-state index >= 15 is 0 Å². The van der Waals surface area contributed by atoms with Gasteiger partial charge in [-0.2, -0.15) is 0 Å². The minimum atomic E-state index is -0.926. The molecule has 0 aromatic rings. The van der Waals surface area contributed by atoms with Gasteiger partial charge in [-0.3, -0.25) is 9.00 Å². The van der Waals surface area contributed by atoms with Crippen molar-refractivity contribution in [1.29, 1.82) is 0 Å². The predicted octanol–water partition coefficient (Wildman–Crippen LogP) is 0.971. The molecule has 16 heavy (non-hydrogen) atoms. The third kappa shape index (κ3) is 4.61. The van der Waals surface area contributed by atoms with Gasteiger partial charge in [-0.15, -0.1) is 0 Å². The molecule has 5 heteroatoms. The van der Waals surface area contributed by atoms with Gasteiger partial charge in [0.1, 0.15) is 0 Å². The summed E-state index contributed by atoms with van der Waals surface area (Å²) in [6.45, 7) is 3.30. The Morgan fingerprint density at radius 2 is 2.12 bits per heavy atom. The quantitative estimate of drug-likeness (QED) is 0.680. The molecule has 4 nitrogen and oxygen atoms in total. The number of ether oxygens (including phenoxy) is 2. The van der Waals surface area contributed by atoms with Crippen LogP contribution >= 0.6 is 0 Å². The Morgan fingerprint density at radius 1 is 1.50 bits per heavy atom. The topological polar surface area (TPSA) is 52.6 Å². The van der Waals surface area contributed by atoms with Gasteiger partial charge < -0.3 is 9.47 Å². The van der Waals surface area contributed by atoms with Crippen LogP contribution in [0.2, 0.25) is 0 Å². The maximum Gasteiger partial charge on any atom is 0.309 e. The fourth-order valence-corrected chi connectivity index (χ4v) is 3.48. The van der Waals surface area contributed by atoms with Crippen LogP contribution in [-0.2, 0) is 25.1 Å². The van der Waals surface area contributed by atoms with Gasteiger partial charge >= 0.3 is 5.97 Å². The van der Waals surface area contributed by atoms with Gasteiger partial charge in [-0.05, 0) is 18.8 Å². The number of rotatable bonds is 5. The number of esters is 1. The van der Waals surface area contributed by atoms with E-state index in [2.05, 4.69) is 4.74 Å². The Kier molecular flexibility index (Phi) is 5.98. The molecule has 2 unspecified atom stereocenters. The van der Waals surface area contributed by atoms with Crippen LogP contribution in [0.5, 0.6) is 0 Å². The molecule has 0 bridgehead atoms. The Bertz CT molecular complexity index is 248. The monoisotopic (exact) mass is 248 g/mol. The zero-order valence-corrected chi connectivity index (χ0v) is 10.8. The lowest BCUT2D eigenvalue weighted by Gasteiger charge is -2.21. The predicted molar refractivity (Wildman–Crippen MR) is 62.6 cm³/mol. The van der Waals surface area contributed by atoms with Crippen LogP contribution in [0.15, 0.2) is 0 Å². The fraction of sp³-hybridized carbons (Fsp3) is 0.909. The Balaban J connectivity index is 2.26. The molecule has 1 saturated heterocycles. The second-order valence-corrected chi connectivity index (χ2v) is 5.80. The third-order valence-corrected chi connectivity index (χ3v) is 4.52. The van der Waals surface area contributed by atoms with E-state index in [1.807, 2.05) is 0 Å². The maximum atomic E-state index is 11.8. The van der Waals surface area contributed by atoms with Crippen molar-refractivity contribution in [2.45, 2.75) is 19.8 Å². The summed E-state index contributed by atoms with van der Waals surface area (Å²) in [5.41, 5.74) is 0. The van der Waals surface area contributed by atoms with E-state index in [4.69, 9.17) is 4.74 Å². The van der Waals surface area contributed by atoms with Crippen LogP contribution in [0.4, 0.5) is 0 Å². The van der Waals surface area contributed by atoms with Crippen molar-refractivity contribution in [3.8, 4) is 0 Å². The molecule has 0 amide bonds. The van der Waals surface area contributed by atoms with Crippen molar-refractivity contribution in [3.05, 3.63) is 0 Å². The van der Waals surface area contributed by atoms with Gasteiger partial charge in [0.25, 0.3) is 0 Å². The van der Waals surface area contributed by atoms with E-state index in [0.717, 1.165) is 26.1 Å². The molecule has 1 fully saturated rings. The van der Waals surface area contributed by atoms with E-state index in [1.165, 1.54) is 7.11 Å². The first kappa shape index (κ1) is 13.6. The highest BCUT2D eigenvalue weighted by molar-refractivity contribution is 7.85. The Morgan fingerprint density at radius 3 is 2.69 bits per heavy atom. The lowest BCUT2D eigenvalue weighted by molar-refractivity contribution is -0.144. The number of methoxy groups -OCH3 is 1. The molecule has 1 rings (SSSR count). The molecule has 1 aliphatic heterocycles. The van der Waals surface area contributed by atoms with Crippen molar-refractivity contribution < 1.29 is 18.5 Å². The second kappa shape index (κ2) is 7.01. The van der Waals surface area contributed by atoms with E-state index in [-0.39, 0.29) is 11.9 Å². The first-order chi connectivity index (χ1) is 7.63. The summed E-state index contributed by atoms with van der Waals surface area (Å²) in [7, 11) is 0.435. The van der Waals surface area contributed by atoms with Crippen molar-refractivity contribution in [2.24, 2.45) is 11.8 Å².